The fraction of sp³-hybridized carbons (Fsp3) is 0.160. The molecule has 0 aromatic heterocycles. The van der Waals surface area contributed by atoms with Gasteiger partial charge in [0.1, 0.15) is 0 Å². The normalized spacial score (nSPS) is 17.7. The van der Waals surface area contributed by atoms with Gasteiger partial charge in [-0.1, -0.05) is 70.5 Å². The molecule has 0 saturated heterocycles. The van der Waals surface area contributed by atoms with Crippen molar-refractivity contribution in [1.29, 1.82) is 0 Å². The highest BCUT2D eigenvalue weighted by Gasteiger charge is 2.48. The molecule has 3 aromatic carbocycles. The average molecular weight is 493 g/mol. The predicted molar refractivity (Wildman–Crippen MR) is 125 cm³/mol. The highest BCUT2D eigenvalue weighted by atomic mass is 79.9. The summed E-state index contributed by atoms with van der Waals surface area (Å²) in [6, 6.07) is 23.7. The van der Waals surface area contributed by atoms with Gasteiger partial charge in [0.25, 0.3) is 5.91 Å². The van der Waals surface area contributed by atoms with E-state index in [0.29, 0.717) is 11.1 Å². The van der Waals surface area contributed by atoms with Gasteiger partial charge in [-0.3, -0.25) is 4.79 Å². The van der Waals surface area contributed by atoms with Gasteiger partial charge in [0.15, 0.2) is 11.4 Å². The molecule has 0 spiro atoms. The number of esters is 1. The zero-order chi connectivity index (χ0) is 22.7. The lowest BCUT2D eigenvalue weighted by Gasteiger charge is -2.31. The lowest BCUT2D eigenvalue weighted by atomic mass is 9.96. The van der Waals surface area contributed by atoms with Gasteiger partial charge in [0.2, 0.25) is 0 Å². The predicted octanol–water partition coefficient (Wildman–Crippen LogP) is 4.73. The molecule has 7 heteroatoms. The molecule has 1 atom stereocenters. The number of hydrogen-bond acceptors (Lipinski definition) is 5. The standard InChI is InChI=1S/C25H21BrN2O4/c1-2-32-24(30)22-16-25(31,20-12-14-21(26)15-13-20)28(27-22)23(29)19-10-8-18(9-11-19)17-6-4-3-5-7-17/h3-15,31H,2,16H2,1H3/t25-/m1/s1. The van der Waals surface area contributed by atoms with Crippen LogP contribution >= 0.6 is 15.9 Å². The second-order valence-corrected chi connectivity index (χ2v) is 8.24. The van der Waals surface area contributed by atoms with Crippen LogP contribution in [0.4, 0.5) is 0 Å². The van der Waals surface area contributed by atoms with E-state index in [2.05, 4.69) is 21.0 Å². The SMILES string of the molecule is CCOC(=O)C1=NN(C(=O)c2ccc(-c3ccccc3)cc2)[C@](O)(c2ccc(Br)cc2)C1. The number of ether oxygens (including phenoxy) is 1. The van der Waals surface area contributed by atoms with Crippen LogP contribution in [-0.2, 0) is 15.3 Å². The molecule has 0 unspecified atom stereocenters. The number of benzene rings is 3. The molecule has 3 aromatic rings. The first-order valence-corrected chi connectivity index (χ1v) is 10.9. The van der Waals surface area contributed by atoms with Gasteiger partial charge in [0.05, 0.1) is 13.0 Å². The summed E-state index contributed by atoms with van der Waals surface area (Å²) < 4.78 is 5.87. The van der Waals surface area contributed by atoms with Gasteiger partial charge in [-0.05, 0) is 42.3 Å². The smallest absolute Gasteiger partial charge is 0.354 e. The van der Waals surface area contributed by atoms with Crippen molar-refractivity contribution in [3.8, 4) is 11.1 Å². The van der Waals surface area contributed by atoms with Crippen LogP contribution in [0, 0.1) is 0 Å². The number of hydrazone groups is 1. The molecule has 1 heterocycles. The highest BCUT2D eigenvalue weighted by molar-refractivity contribution is 9.10. The molecule has 1 aliphatic heterocycles. The van der Waals surface area contributed by atoms with Crippen LogP contribution in [0.2, 0.25) is 0 Å². The van der Waals surface area contributed by atoms with Crippen LogP contribution in [0.15, 0.2) is 88.4 Å². The monoisotopic (exact) mass is 492 g/mol. The lowest BCUT2D eigenvalue weighted by molar-refractivity contribution is -0.135. The van der Waals surface area contributed by atoms with Crippen molar-refractivity contribution in [1.82, 2.24) is 5.01 Å². The molecular weight excluding hydrogens is 472 g/mol. The van der Waals surface area contributed by atoms with Crippen LogP contribution < -0.4 is 0 Å². The third kappa shape index (κ3) is 4.22. The Morgan fingerprint density at radius 3 is 2.25 bits per heavy atom. The van der Waals surface area contributed by atoms with E-state index in [-0.39, 0.29) is 18.7 Å². The number of carbonyl (C=O) groups excluding carboxylic acids is 2. The molecule has 0 bridgehead atoms. The number of aliphatic hydroxyl groups is 1. The molecule has 32 heavy (non-hydrogen) atoms. The first-order chi connectivity index (χ1) is 15.4. The number of carbonyl (C=O) groups is 2. The Labute approximate surface area is 194 Å². The molecule has 0 radical (unpaired) electrons. The third-order valence-electron chi connectivity index (χ3n) is 5.23. The molecule has 6 nitrogen and oxygen atoms in total. The summed E-state index contributed by atoms with van der Waals surface area (Å²) in [4.78, 5) is 25.7. The average Bonchev–Trinajstić information content (AvgIpc) is 3.18. The Morgan fingerprint density at radius 1 is 1.00 bits per heavy atom. The quantitative estimate of drug-likeness (QED) is 0.522. The second-order valence-electron chi connectivity index (χ2n) is 7.33. The van der Waals surface area contributed by atoms with Crippen LogP contribution in [0.5, 0.6) is 0 Å². The molecule has 1 N–H and O–H groups in total. The maximum absolute atomic E-state index is 13.4. The van der Waals surface area contributed by atoms with E-state index < -0.39 is 17.6 Å². The summed E-state index contributed by atoms with van der Waals surface area (Å²) in [6.07, 6.45) is -0.165. The van der Waals surface area contributed by atoms with E-state index in [1.54, 1.807) is 43.3 Å². The first-order valence-electron chi connectivity index (χ1n) is 10.2. The van der Waals surface area contributed by atoms with E-state index in [0.717, 1.165) is 20.6 Å². The van der Waals surface area contributed by atoms with Crippen molar-refractivity contribution in [2.45, 2.75) is 19.1 Å². The summed E-state index contributed by atoms with van der Waals surface area (Å²) in [5, 5.41) is 16.7. The maximum Gasteiger partial charge on any atom is 0.354 e. The molecule has 4 rings (SSSR count). The first kappa shape index (κ1) is 21.9. The van der Waals surface area contributed by atoms with Crippen molar-refractivity contribution in [3.63, 3.8) is 0 Å². The molecule has 1 aliphatic rings. The van der Waals surface area contributed by atoms with Gasteiger partial charge in [0, 0.05) is 15.6 Å². The van der Waals surface area contributed by atoms with Gasteiger partial charge >= 0.3 is 5.97 Å². The minimum Gasteiger partial charge on any atom is -0.461 e. The Morgan fingerprint density at radius 2 is 1.62 bits per heavy atom. The van der Waals surface area contributed by atoms with E-state index in [1.807, 2.05) is 42.5 Å². The molecular formula is C25H21BrN2O4. The van der Waals surface area contributed by atoms with Crippen molar-refractivity contribution in [3.05, 3.63) is 94.5 Å². The van der Waals surface area contributed by atoms with E-state index in [1.165, 1.54) is 0 Å². The number of nitrogens with zero attached hydrogens (tertiary/aromatic N) is 2. The lowest BCUT2D eigenvalue weighted by Crippen LogP contribution is -2.43. The summed E-state index contributed by atoms with van der Waals surface area (Å²) in [5.74, 6) is -1.17. The van der Waals surface area contributed by atoms with E-state index in [9.17, 15) is 14.7 Å². The van der Waals surface area contributed by atoms with Crippen molar-refractivity contribution < 1.29 is 19.4 Å². The molecule has 1 amide bonds. The Hall–Kier alpha value is -3.29. The maximum atomic E-state index is 13.4. The topological polar surface area (TPSA) is 79.2 Å². The summed E-state index contributed by atoms with van der Waals surface area (Å²) in [7, 11) is 0. The van der Waals surface area contributed by atoms with E-state index >= 15 is 0 Å². The van der Waals surface area contributed by atoms with Crippen molar-refractivity contribution >= 4 is 33.5 Å². The van der Waals surface area contributed by atoms with Gasteiger partial charge in [-0.25, -0.2) is 4.79 Å². The zero-order valence-electron chi connectivity index (χ0n) is 17.4. The molecule has 0 saturated carbocycles. The minimum absolute atomic E-state index is 0.00785. The van der Waals surface area contributed by atoms with Gasteiger partial charge in [-0.2, -0.15) is 10.1 Å². The van der Waals surface area contributed by atoms with Crippen molar-refractivity contribution in [2.24, 2.45) is 5.10 Å². The highest BCUT2D eigenvalue weighted by Crippen LogP contribution is 2.37. The molecule has 0 aliphatic carbocycles. The fourth-order valence-electron chi connectivity index (χ4n) is 3.59. The zero-order valence-corrected chi connectivity index (χ0v) is 19.0. The van der Waals surface area contributed by atoms with Crippen LogP contribution in [0.25, 0.3) is 11.1 Å². The van der Waals surface area contributed by atoms with Crippen LogP contribution in [0.1, 0.15) is 29.3 Å². The fourth-order valence-corrected chi connectivity index (χ4v) is 3.85. The number of halogens is 1. The Balaban J connectivity index is 1.69. The number of hydrogen-bond donors (Lipinski definition) is 1. The number of amides is 1. The molecule has 162 valence electrons. The summed E-state index contributed by atoms with van der Waals surface area (Å²) in [6.45, 7) is 1.86. The van der Waals surface area contributed by atoms with Gasteiger partial charge in [-0.15, -0.1) is 0 Å². The van der Waals surface area contributed by atoms with Gasteiger partial charge < -0.3 is 9.84 Å². The minimum atomic E-state index is -1.81. The summed E-state index contributed by atoms with van der Waals surface area (Å²) in [5.41, 5.74) is 0.959. The van der Waals surface area contributed by atoms with Crippen molar-refractivity contribution in [2.75, 3.05) is 6.61 Å². The van der Waals surface area contributed by atoms with Crippen LogP contribution in [-0.4, -0.2) is 34.3 Å². The third-order valence-corrected chi connectivity index (χ3v) is 5.76. The second kappa shape index (κ2) is 9.06. The Kier molecular flexibility index (Phi) is 6.21. The van der Waals surface area contributed by atoms with E-state index in [4.69, 9.17) is 4.74 Å². The van der Waals surface area contributed by atoms with Crippen LogP contribution in [0.3, 0.4) is 0 Å². The number of rotatable bonds is 5. The summed E-state index contributed by atoms with van der Waals surface area (Å²) >= 11 is 3.37. The molecule has 0 fully saturated rings. The Bertz CT molecular complexity index is 1160. The largest absolute Gasteiger partial charge is 0.461 e.